The molecule has 0 radical (unpaired) electrons. The normalized spacial score (nSPS) is 17.1. The van der Waals surface area contributed by atoms with E-state index in [2.05, 4.69) is 39.9 Å². The van der Waals surface area contributed by atoms with Crippen LogP contribution in [0, 0.1) is 5.92 Å². The van der Waals surface area contributed by atoms with E-state index in [0.717, 1.165) is 13.2 Å². The van der Waals surface area contributed by atoms with Gasteiger partial charge in [0, 0.05) is 12.6 Å². The molecule has 2 nitrogen and oxygen atoms in total. The van der Waals surface area contributed by atoms with E-state index in [1.165, 1.54) is 25.7 Å². The summed E-state index contributed by atoms with van der Waals surface area (Å²) in [5.41, 5.74) is 0. The third kappa shape index (κ3) is 5.86. The Morgan fingerprint density at radius 2 is 1.62 bits per heavy atom. The van der Waals surface area contributed by atoms with Gasteiger partial charge >= 0.3 is 0 Å². The lowest BCUT2D eigenvalue weighted by Gasteiger charge is -2.32. The summed E-state index contributed by atoms with van der Waals surface area (Å²) in [7, 11) is 0. The van der Waals surface area contributed by atoms with Crippen LogP contribution < -0.4 is 5.32 Å². The van der Waals surface area contributed by atoms with Crippen molar-refractivity contribution in [2.75, 3.05) is 13.2 Å². The molecule has 0 saturated carbocycles. The quantitative estimate of drug-likeness (QED) is 0.618. The Morgan fingerprint density at radius 1 is 1.00 bits per heavy atom. The van der Waals surface area contributed by atoms with Crippen molar-refractivity contribution in [1.29, 1.82) is 0 Å². The zero-order valence-electron chi connectivity index (χ0n) is 11.9. The maximum atomic E-state index is 5.90. The van der Waals surface area contributed by atoms with Gasteiger partial charge in [0.05, 0.1) is 6.10 Å². The van der Waals surface area contributed by atoms with E-state index < -0.39 is 0 Å². The summed E-state index contributed by atoms with van der Waals surface area (Å²) in [6.45, 7) is 13.0. The second kappa shape index (κ2) is 10.1. The maximum Gasteiger partial charge on any atom is 0.0730 e. The van der Waals surface area contributed by atoms with Crippen LogP contribution in [0.5, 0.6) is 0 Å². The summed E-state index contributed by atoms with van der Waals surface area (Å²) in [5.74, 6) is 0.702. The van der Waals surface area contributed by atoms with E-state index in [1.54, 1.807) is 0 Å². The van der Waals surface area contributed by atoms with E-state index >= 15 is 0 Å². The molecular weight excluding hydrogens is 198 g/mol. The summed E-state index contributed by atoms with van der Waals surface area (Å²) < 4.78 is 5.90. The highest BCUT2D eigenvalue weighted by Crippen LogP contribution is 2.19. The van der Waals surface area contributed by atoms with Crippen LogP contribution in [0.25, 0.3) is 0 Å². The van der Waals surface area contributed by atoms with E-state index in [9.17, 15) is 0 Å². The fourth-order valence-electron chi connectivity index (χ4n) is 2.43. The average molecular weight is 229 g/mol. The van der Waals surface area contributed by atoms with Crippen LogP contribution in [-0.2, 0) is 4.74 Å². The maximum absolute atomic E-state index is 5.90. The van der Waals surface area contributed by atoms with Gasteiger partial charge in [-0.1, -0.05) is 40.5 Å². The number of rotatable bonds is 10. The van der Waals surface area contributed by atoms with Gasteiger partial charge in [-0.05, 0) is 32.2 Å². The number of likely N-dealkylation sites (N-methyl/N-ethyl adjacent to an activating group) is 1. The minimum absolute atomic E-state index is 0.386. The molecule has 0 spiro atoms. The van der Waals surface area contributed by atoms with Crippen LogP contribution in [-0.4, -0.2) is 25.3 Å². The third-order valence-corrected chi connectivity index (χ3v) is 3.15. The Kier molecular flexibility index (Phi) is 10.0. The van der Waals surface area contributed by atoms with Gasteiger partial charge in [-0.25, -0.2) is 0 Å². The highest BCUT2D eigenvalue weighted by molar-refractivity contribution is 4.81. The minimum Gasteiger partial charge on any atom is -0.377 e. The molecule has 0 amide bonds. The van der Waals surface area contributed by atoms with Crippen molar-refractivity contribution in [3.63, 3.8) is 0 Å². The van der Waals surface area contributed by atoms with Crippen LogP contribution in [0.15, 0.2) is 0 Å². The zero-order valence-corrected chi connectivity index (χ0v) is 11.9. The molecule has 98 valence electrons. The first-order valence-electron chi connectivity index (χ1n) is 7.06. The average Bonchev–Trinajstić information content (AvgIpc) is 2.26. The first-order valence-corrected chi connectivity index (χ1v) is 7.06. The molecule has 0 aromatic rings. The lowest BCUT2D eigenvalue weighted by molar-refractivity contribution is 0.0130. The van der Waals surface area contributed by atoms with Gasteiger partial charge in [0.15, 0.2) is 0 Å². The van der Waals surface area contributed by atoms with Crippen LogP contribution >= 0.6 is 0 Å². The Morgan fingerprint density at radius 3 is 2.06 bits per heavy atom. The predicted octanol–water partition coefficient (Wildman–Crippen LogP) is 3.61. The van der Waals surface area contributed by atoms with Crippen LogP contribution in [0.3, 0.4) is 0 Å². The summed E-state index contributed by atoms with van der Waals surface area (Å²) in [5, 5.41) is 3.61. The second-order valence-corrected chi connectivity index (χ2v) is 4.63. The van der Waals surface area contributed by atoms with E-state index in [-0.39, 0.29) is 0 Å². The van der Waals surface area contributed by atoms with Gasteiger partial charge in [-0.2, -0.15) is 0 Å². The van der Waals surface area contributed by atoms with Gasteiger partial charge in [-0.3, -0.25) is 0 Å². The first-order chi connectivity index (χ1) is 7.71. The molecule has 16 heavy (non-hydrogen) atoms. The fraction of sp³-hybridized carbons (Fsp3) is 1.00. The van der Waals surface area contributed by atoms with Crippen LogP contribution in [0.2, 0.25) is 0 Å². The van der Waals surface area contributed by atoms with E-state index in [0.29, 0.717) is 18.1 Å². The molecule has 0 aliphatic carbocycles. The molecule has 0 saturated heterocycles. The number of hydrogen-bond donors (Lipinski definition) is 1. The third-order valence-electron chi connectivity index (χ3n) is 3.15. The number of nitrogens with one attached hydrogen (secondary N) is 1. The molecule has 3 unspecified atom stereocenters. The molecule has 0 aromatic heterocycles. The monoisotopic (exact) mass is 229 g/mol. The highest BCUT2D eigenvalue weighted by Gasteiger charge is 2.25. The van der Waals surface area contributed by atoms with Crippen LogP contribution in [0.1, 0.15) is 60.3 Å². The molecule has 0 aliphatic rings. The van der Waals surface area contributed by atoms with Crippen molar-refractivity contribution in [2.24, 2.45) is 5.92 Å². The Bertz CT molecular complexity index is 144. The molecule has 0 aromatic carbocycles. The van der Waals surface area contributed by atoms with Crippen molar-refractivity contribution in [3.8, 4) is 0 Å². The molecular formula is C14H31NO. The molecule has 2 heteroatoms. The van der Waals surface area contributed by atoms with E-state index in [1.807, 2.05) is 0 Å². The molecule has 0 bridgehead atoms. The zero-order chi connectivity index (χ0) is 12.4. The van der Waals surface area contributed by atoms with Gasteiger partial charge in [0.25, 0.3) is 0 Å². The minimum atomic E-state index is 0.386. The Labute approximate surface area is 102 Å². The van der Waals surface area contributed by atoms with Crippen molar-refractivity contribution < 1.29 is 4.74 Å². The summed E-state index contributed by atoms with van der Waals surface area (Å²) in [6.07, 6.45) is 5.29. The highest BCUT2D eigenvalue weighted by atomic mass is 16.5. The first kappa shape index (κ1) is 15.9. The Hall–Kier alpha value is -0.0800. The molecule has 0 heterocycles. The molecule has 0 aliphatic heterocycles. The van der Waals surface area contributed by atoms with Crippen molar-refractivity contribution in [1.82, 2.24) is 5.32 Å². The molecule has 0 fully saturated rings. The van der Waals surface area contributed by atoms with Crippen LogP contribution in [0.4, 0.5) is 0 Å². The summed E-state index contributed by atoms with van der Waals surface area (Å²) in [4.78, 5) is 0. The number of ether oxygens (including phenoxy) is 1. The van der Waals surface area contributed by atoms with Crippen molar-refractivity contribution in [2.45, 2.75) is 72.4 Å². The summed E-state index contributed by atoms with van der Waals surface area (Å²) in [6, 6.07) is 0.518. The van der Waals surface area contributed by atoms with E-state index in [4.69, 9.17) is 4.74 Å². The second-order valence-electron chi connectivity index (χ2n) is 4.63. The topological polar surface area (TPSA) is 21.3 Å². The van der Waals surface area contributed by atoms with Gasteiger partial charge < -0.3 is 10.1 Å². The fourth-order valence-corrected chi connectivity index (χ4v) is 2.43. The lowest BCUT2D eigenvalue weighted by atomic mass is 9.90. The van der Waals surface area contributed by atoms with Gasteiger partial charge in [-0.15, -0.1) is 0 Å². The Balaban J connectivity index is 4.40. The van der Waals surface area contributed by atoms with Gasteiger partial charge in [0.1, 0.15) is 0 Å². The molecule has 3 atom stereocenters. The van der Waals surface area contributed by atoms with Crippen molar-refractivity contribution in [3.05, 3.63) is 0 Å². The smallest absolute Gasteiger partial charge is 0.0730 e. The SMILES string of the molecule is CCCC(C)C(NCC)C(CCC)OCC. The molecule has 0 rings (SSSR count). The summed E-state index contributed by atoms with van der Waals surface area (Å²) >= 11 is 0. The lowest BCUT2D eigenvalue weighted by Crippen LogP contribution is -2.45. The van der Waals surface area contributed by atoms with Crippen molar-refractivity contribution >= 4 is 0 Å². The standard InChI is InChI=1S/C14H31NO/c1-6-10-12(5)14(15-8-3)13(11-7-2)16-9-4/h12-15H,6-11H2,1-5H3. The predicted molar refractivity (Wildman–Crippen MR) is 71.9 cm³/mol. The van der Waals surface area contributed by atoms with Gasteiger partial charge in [0.2, 0.25) is 0 Å². The molecule has 1 N–H and O–H groups in total. The number of hydrogen-bond acceptors (Lipinski definition) is 2. The largest absolute Gasteiger partial charge is 0.377 e.